The number of rotatable bonds is 4. The fraction of sp³-hybridized carbons (Fsp3) is 0.143. The maximum atomic E-state index is 10.6. The van der Waals surface area contributed by atoms with Gasteiger partial charge in [-0.3, -0.25) is 0 Å². The van der Waals surface area contributed by atoms with Crippen molar-refractivity contribution in [2.45, 2.75) is 9.79 Å². The molecule has 0 bridgehead atoms. The van der Waals surface area contributed by atoms with Crippen LogP contribution in [0.25, 0.3) is 0 Å². The van der Waals surface area contributed by atoms with Crippen LogP contribution >= 0.6 is 0 Å². The van der Waals surface area contributed by atoms with Crippen molar-refractivity contribution in [2.75, 3.05) is 14.2 Å². The van der Waals surface area contributed by atoms with Crippen LogP contribution in [0.1, 0.15) is 0 Å². The molecule has 0 saturated heterocycles. The Labute approximate surface area is 156 Å². The summed E-state index contributed by atoms with van der Waals surface area (Å²) in [7, 11) is -6.22. The second-order valence-electron chi connectivity index (χ2n) is 4.21. The molecule has 0 spiro atoms. The predicted octanol–water partition coefficient (Wildman–Crippen LogP) is 1.20. The fourth-order valence-corrected chi connectivity index (χ4v) is 2.94. The summed E-state index contributed by atoms with van der Waals surface area (Å²) in [5.74, 6) is 0.153. The Balaban J connectivity index is 0.000000443. The molecule has 11 heteroatoms. The molecule has 0 aliphatic carbocycles. The molecule has 0 aliphatic heterocycles. The van der Waals surface area contributed by atoms with Crippen LogP contribution in [0, 0.1) is 0 Å². The molecule has 0 fully saturated rings. The van der Waals surface area contributed by atoms with E-state index in [2.05, 4.69) is 0 Å². The number of ether oxygens (including phenoxy) is 2. The van der Waals surface area contributed by atoms with Gasteiger partial charge in [0.15, 0.2) is 0 Å². The maximum Gasteiger partial charge on any atom is 2.00 e. The molecule has 0 N–H and O–H groups in total. The van der Waals surface area contributed by atoms with E-state index in [0.29, 0.717) is 0 Å². The van der Waals surface area contributed by atoms with Crippen LogP contribution in [0.4, 0.5) is 0 Å². The van der Waals surface area contributed by atoms with E-state index in [0.717, 1.165) is 0 Å². The zero-order chi connectivity index (χ0) is 18.4. The molecule has 0 unspecified atom stereocenters. The summed E-state index contributed by atoms with van der Waals surface area (Å²) in [6, 6.07) is 11.4. The van der Waals surface area contributed by atoms with Gasteiger partial charge in [-0.15, -0.1) is 0 Å². The first-order chi connectivity index (χ1) is 11.1. The summed E-state index contributed by atoms with van der Waals surface area (Å²) in [6.07, 6.45) is 0. The van der Waals surface area contributed by atoms with Crippen molar-refractivity contribution in [3.63, 3.8) is 0 Å². The molecular weight excluding hydrogens is 416 g/mol. The van der Waals surface area contributed by atoms with E-state index in [-0.39, 0.29) is 38.4 Å². The largest absolute Gasteiger partial charge is 2.00 e. The standard InChI is InChI=1S/2C7H8O4S.Fe/c2*1-11-6-4-2-3-5-7(6)12(8,9)10;/h2*2-5H,1H3,(H,8,9,10);/q;;+2/p-2. The second kappa shape index (κ2) is 9.76. The van der Waals surface area contributed by atoms with E-state index in [1.54, 1.807) is 12.1 Å². The third-order valence-electron chi connectivity index (χ3n) is 2.68. The number of hydrogen-bond donors (Lipinski definition) is 0. The van der Waals surface area contributed by atoms with Gasteiger partial charge in [0.25, 0.3) is 0 Å². The van der Waals surface area contributed by atoms with E-state index in [4.69, 9.17) is 9.47 Å². The monoisotopic (exact) mass is 430 g/mol. The molecule has 0 saturated carbocycles. The Hall–Kier alpha value is -1.62. The SMILES string of the molecule is COc1ccccc1S(=O)(=O)[O-].COc1ccccc1S(=O)(=O)[O-].[Fe+2]. The topological polar surface area (TPSA) is 133 Å². The second-order valence-corrected chi connectivity index (χ2v) is 6.91. The summed E-state index contributed by atoms with van der Waals surface area (Å²) >= 11 is 0. The van der Waals surface area contributed by atoms with Crippen LogP contribution in [0.3, 0.4) is 0 Å². The molecule has 0 atom stereocenters. The van der Waals surface area contributed by atoms with Crippen LogP contribution in [0.15, 0.2) is 58.3 Å². The predicted molar refractivity (Wildman–Crippen MR) is 81.9 cm³/mol. The Morgan fingerprint density at radius 3 is 1.16 bits per heavy atom. The minimum absolute atomic E-state index is 0. The molecule has 2 rings (SSSR count). The Morgan fingerprint density at radius 2 is 0.960 bits per heavy atom. The van der Waals surface area contributed by atoms with E-state index in [1.807, 2.05) is 0 Å². The van der Waals surface area contributed by atoms with Crippen molar-refractivity contribution < 1.29 is 52.5 Å². The third-order valence-corrected chi connectivity index (χ3v) is 4.43. The quantitative estimate of drug-likeness (QED) is 0.522. The molecule has 0 radical (unpaired) electrons. The molecule has 0 amide bonds. The van der Waals surface area contributed by atoms with Gasteiger partial charge < -0.3 is 18.6 Å². The number of hydrogen-bond acceptors (Lipinski definition) is 8. The first kappa shape index (κ1) is 23.4. The number of benzene rings is 2. The summed E-state index contributed by atoms with van der Waals surface area (Å²) in [5.41, 5.74) is 0. The van der Waals surface area contributed by atoms with Crippen molar-refractivity contribution >= 4 is 20.2 Å². The van der Waals surface area contributed by atoms with Gasteiger partial charge in [0.2, 0.25) is 0 Å². The van der Waals surface area contributed by atoms with Crippen molar-refractivity contribution in [1.29, 1.82) is 0 Å². The average molecular weight is 430 g/mol. The van der Waals surface area contributed by atoms with Gasteiger partial charge >= 0.3 is 17.1 Å². The first-order valence-corrected chi connectivity index (χ1v) is 9.10. The van der Waals surface area contributed by atoms with Gasteiger partial charge in [0.1, 0.15) is 31.7 Å². The Bertz CT molecular complexity index is 819. The summed E-state index contributed by atoms with van der Waals surface area (Å²) in [5, 5.41) is 0. The molecule has 0 heterocycles. The molecular formula is C14H14FeO8S2. The Kier molecular flexibility index (Phi) is 9.12. The van der Waals surface area contributed by atoms with Crippen molar-refractivity contribution in [2.24, 2.45) is 0 Å². The van der Waals surface area contributed by atoms with Gasteiger partial charge in [-0.05, 0) is 24.3 Å². The normalized spacial score (nSPS) is 10.7. The number of para-hydroxylation sites is 2. The fourth-order valence-electron chi connectivity index (χ4n) is 1.65. The summed E-state index contributed by atoms with van der Waals surface area (Å²) in [6.45, 7) is 0. The average Bonchev–Trinajstić information content (AvgIpc) is 2.53. The Morgan fingerprint density at radius 1 is 0.680 bits per heavy atom. The van der Waals surface area contributed by atoms with Gasteiger partial charge in [-0.2, -0.15) is 0 Å². The molecule has 25 heavy (non-hydrogen) atoms. The summed E-state index contributed by atoms with van der Waals surface area (Å²) in [4.78, 5) is -0.653. The van der Waals surface area contributed by atoms with Crippen LogP contribution in [-0.2, 0) is 37.3 Å². The minimum Gasteiger partial charge on any atom is -0.744 e. The maximum absolute atomic E-state index is 10.6. The van der Waals surface area contributed by atoms with Gasteiger partial charge in [-0.1, -0.05) is 24.3 Å². The smallest absolute Gasteiger partial charge is 0.744 e. The van der Waals surface area contributed by atoms with Crippen molar-refractivity contribution in [1.82, 2.24) is 0 Å². The first-order valence-electron chi connectivity index (χ1n) is 6.29. The van der Waals surface area contributed by atoms with Crippen LogP contribution in [-0.4, -0.2) is 40.2 Å². The number of methoxy groups -OCH3 is 2. The van der Waals surface area contributed by atoms with Gasteiger partial charge in [0.05, 0.1) is 24.0 Å². The van der Waals surface area contributed by atoms with E-state index in [9.17, 15) is 25.9 Å². The van der Waals surface area contributed by atoms with Crippen LogP contribution in [0.2, 0.25) is 0 Å². The van der Waals surface area contributed by atoms with Crippen molar-refractivity contribution in [3.8, 4) is 11.5 Å². The van der Waals surface area contributed by atoms with Crippen LogP contribution in [0.5, 0.6) is 11.5 Å². The summed E-state index contributed by atoms with van der Waals surface area (Å²) < 4.78 is 72.8. The zero-order valence-electron chi connectivity index (χ0n) is 13.1. The third kappa shape index (κ3) is 7.02. The van der Waals surface area contributed by atoms with E-state index < -0.39 is 20.2 Å². The molecule has 0 aliphatic rings. The van der Waals surface area contributed by atoms with Crippen molar-refractivity contribution in [3.05, 3.63) is 48.5 Å². The van der Waals surface area contributed by atoms with E-state index in [1.165, 1.54) is 50.6 Å². The molecule has 2 aromatic carbocycles. The van der Waals surface area contributed by atoms with Gasteiger partial charge in [-0.25, -0.2) is 16.8 Å². The molecule has 0 aromatic heterocycles. The van der Waals surface area contributed by atoms with Gasteiger partial charge in [0, 0.05) is 0 Å². The molecule has 138 valence electrons. The van der Waals surface area contributed by atoms with Crippen LogP contribution < -0.4 is 9.47 Å². The molecule has 2 aromatic rings. The molecule has 8 nitrogen and oxygen atoms in total. The zero-order valence-corrected chi connectivity index (χ0v) is 15.8. The minimum atomic E-state index is -4.42. The van der Waals surface area contributed by atoms with E-state index >= 15 is 0 Å².